The number of hydrogen-bond acceptors (Lipinski definition) is 0. The average Bonchev–Trinajstić information content (AvgIpc) is 2.68. The largest absolute Gasteiger partial charge is 0.0654 e. The van der Waals surface area contributed by atoms with E-state index in [1.807, 2.05) is 0 Å². The second kappa shape index (κ2) is 4.89. The van der Waals surface area contributed by atoms with Crippen LogP contribution in [0, 0.1) is 17.3 Å². The predicted molar refractivity (Wildman–Crippen MR) is 66.9 cm³/mol. The molecule has 0 N–H and O–H groups in total. The second-order valence-corrected chi connectivity index (χ2v) is 6.38. The molecule has 2 fully saturated rings. The smallest absolute Gasteiger partial charge is 0.0297 e. The molecule has 0 radical (unpaired) electrons. The Morgan fingerprint density at radius 1 is 1.07 bits per heavy atom. The van der Waals surface area contributed by atoms with E-state index in [0.717, 1.165) is 17.3 Å². The minimum atomic E-state index is 0.742. The molecule has 2 atom stereocenters. The molecule has 2 rings (SSSR count). The SMILES string of the molecule is CCCC1CCCC(C2(C)CCCC2)C1. The molecule has 0 nitrogen and oxygen atoms in total. The van der Waals surface area contributed by atoms with Crippen molar-refractivity contribution in [3.05, 3.63) is 0 Å². The summed E-state index contributed by atoms with van der Waals surface area (Å²) < 4.78 is 0. The van der Waals surface area contributed by atoms with Gasteiger partial charge in [0.15, 0.2) is 0 Å². The molecule has 0 aliphatic heterocycles. The maximum Gasteiger partial charge on any atom is -0.0297 e. The van der Waals surface area contributed by atoms with E-state index in [1.165, 1.54) is 57.8 Å². The van der Waals surface area contributed by atoms with Gasteiger partial charge >= 0.3 is 0 Å². The molecule has 0 saturated heterocycles. The molecule has 0 aromatic heterocycles. The van der Waals surface area contributed by atoms with Crippen LogP contribution in [-0.4, -0.2) is 0 Å². The maximum atomic E-state index is 2.58. The van der Waals surface area contributed by atoms with Crippen molar-refractivity contribution in [2.24, 2.45) is 17.3 Å². The molecule has 2 aliphatic carbocycles. The quantitative estimate of drug-likeness (QED) is 0.600. The lowest BCUT2D eigenvalue weighted by molar-refractivity contribution is 0.110. The molecule has 2 aliphatic rings. The Kier molecular flexibility index (Phi) is 3.74. The molecule has 0 spiro atoms. The van der Waals surface area contributed by atoms with Crippen LogP contribution in [-0.2, 0) is 0 Å². The fraction of sp³-hybridized carbons (Fsp3) is 1.00. The molecule has 2 unspecified atom stereocenters. The summed E-state index contributed by atoms with van der Waals surface area (Å²) in [5.41, 5.74) is 0.742. The average molecular weight is 208 g/mol. The van der Waals surface area contributed by atoms with Crippen LogP contribution in [0.2, 0.25) is 0 Å². The van der Waals surface area contributed by atoms with Crippen LogP contribution < -0.4 is 0 Å². The molecular formula is C15H28. The third-order valence-electron chi connectivity index (χ3n) is 5.21. The van der Waals surface area contributed by atoms with E-state index in [1.54, 1.807) is 6.42 Å². The molecule has 0 bridgehead atoms. The van der Waals surface area contributed by atoms with Gasteiger partial charge in [0.2, 0.25) is 0 Å². The summed E-state index contributed by atoms with van der Waals surface area (Å²) in [5.74, 6) is 2.15. The Morgan fingerprint density at radius 3 is 2.47 bits per heavy atom. The van der Waals surface area contributed by atoms with E-state index in [2.05, 4.69) is 13.8 Å². The Hall–Kier alpha value is 0. The minimum absolute atomic E-state index is 0.742. The number of hydrogen-bond donors (Lipinski definition) is 0. The van der Waals surface area contributed by atoms with Gasteiger partial charge < -0.3 is 0 Å². The molecule has 0 aromatic carbocycles. The highest BCUT2D eigenvalue weighted by atomic mass is 14.4. The van der Waals surface area contributed by atoms with Crippen molar-refractivity contribution in [3.63, 3.8) is 0 Å². The van der Waals surface area contributed by atoms with Gasteiger partial charge in [-0.25, -0.2) is 0 Å². The first-order valence-electron chi connectivity index (χ1n) is 7.24. The van der Waals surface area contributed by atoms with Crippen molar-refractivity contribution >= 4 is 0 Å². The fourth-order valence-corrected chi connectivity index (χ4v) is 4.19. The Morgan fingerprint density at radius 2 is 1.80 bits per heavy atom. The van der Waals surface area contributed by atoms with Crippen molar-refractivity contribution in [1.82, 2.24) is 0 Å². The van der Waals surface area contributed by atoms with Crippen LogP contribution in [0.3, 0.4) is 0 Å². The van der Waals surface area contributed by atoms with Gasteiger partial charge in [-0.15, -0.1) is 0 Å². The summed E-state index contributed by atoms with van der Waals surface area (Å²) in [7, 11) is 0. The van der Waals surface area contributed by atoms with Crippen LogP contribution in [0.15, 0.2) is 0 Å². The van der Waals surface area contributed by atoms with Gasteiger partial charge in [-0.2, -0.15) is 0 Å². The van der Waals surface area contributed by atoms with Crippen LogP contribution in [0.4, 0.5) is 0 Å². The highest BCUT2D eigenvalue weighted by Gasteiger charge is 2.38. The van der Waals surface area contributed by atoms with E-state index in [4.69, 9.17) is 0 Å². The Bertz CT molecular complexity index is 186. The normalized spacial score (nSPS) is 35.6. The summed E-state index contributed by atoms with van der Waals surface area (Å²) in [4.78, 5) is 0. The molecule has 0 heterocycles. The standard InChI is InChI=1S/C15H28/c1-3-7-13-8-6-9-14(12-13)15(2)10-4-5-11-15/h13-14H,3-12H2,1-2H3. The second-order valence-electron chi connectivity index (χ2n) is 6.38. The first-order chi connectivity index (χ1) is 7.24. The molecule has 2 saturated carbocycles. The van der Waals surface area contributed by atoms with Gasteiger partial charge in [0.1, 0.15) is 0 Å². The first kappa shape index (κ1) is 11.5. The summed E-state index contributed by atoms with van der Waals surface area (Å²) >= 11 is 0. The van der Waals surface area contributed by atoms with E-state index in [0.29, 0.717) is 0 Å². The lowest BCUT2D eigenvalue weighted by atomic mass is 9.66. The van der Waals surface area contributed by atoms with Gasteiger partial charge in [-0.1, -0.05) is 52.4 Å². The molecular weight excluding hydrogens is 180 g/mol. The highest BCUT2D eigenvalue weighted by molar-refractivity contribution is 4.89. The summed E-state index contributed by atoms with van der Waals surface area (Å²) in [6.07, 6.45) is 15.1. The lowest BCUT2D eigenvalue weighted by Crippen LogP contribution is -2.29. The molecule has 0 aromatic rings. The van der Waals surface area contributed by atoms with E-state index >= 15 is 0 Å². The van der Waals surface area contributed by atoms with Crippen molar-refractivity contribution < 1.29 is 0 Å². The predicted octanol–water partition coefficient (Wildman–Crippen LogP) is 5.17. The topological polar surface area (TPSA) is 0 Å². The monoisotopic (exact) mass is 208 g/mol. The van der Waals surface area contributed by atoms with E-state index < -0.39 is 0 Å². The zero-order valence-electron chi connectivity index (χ0n) is 10.7. The zero-order chi connectivity index (χ0) is 10.7. The lowest BCUT2D eigenvalue weighted by Gasteiger charge is -2.40. The van der Waals surface area contributed by atoms with Crippen LogP contribution in [0.25, 0.3) is 0 Å². The van der Waals surface area contributed by atoms with E-state index in [-0.39, 0.29) is 0 Å². The van der Waals surface area contributed by atoms with Crippen molar-refractivity contribution in [1.29, 1.82) is 0 Å². The summed E-state index contributed by atoms with van der Waals surface area (Å²) in [6.45, 7) is 4.93. The Balaban J connectivity index is 1.91. The van der Waals surface area contributed by atoms with Gasteiger partial charge in [0, 0.05) is 0 Å². The highest BCUT2D eigenvalue weighted by Crippen LogP contribution is 2.50. The van der Waals surface area contributed by atoms with E-state index in [9.17, 15) is 0 Å². The van der Waals surface area contributed by atoms with Crippen LogP contribution in [0.1, 0.15) is 78.1 Å². The third-order valence-corrected chi connectivity index (χ3v) is 5.21. The van der Waals surface area contributed by atoms with Gasteiger partial charge in [0.25, 0.3) is 0 Å². The van der Waals surface area contributed by atoms with Gasteiger partial charge in [-0.05, 0) is 42.9 Å². The minimum Gasteiger partial charge on any atom is -0.0654 e. The third kappa shape index (κ3) is 2.57. The summed E-state index contributed by atoms with van der Waals surface area (Å²) in [6, 6.07) is 0. The van der Waals surface area contributed by atoms with Crippen molar-refractivity contribution in [2.45, 2.75) is 78.1 Å². The fourth-order valence-electron chi connectivity index (χ4n) is 4.19. The molecule has 15 heavy (non-hydrogen) atoms. The number of rotatable bonds is 3. The maximum absolute atomic E-state index is 2.58. The van der Waals surface area contributed by atoms with Crippen LogP contribution in [0.5, 0.6) is 0 Å². The summed E-state index contributed by atoms with van der Waals surface area (Å²) in [5, 5.41) is 0. The van der Waals surface area contributed by atoms with Crippen molar-refractivity contribution in [2.75, 3.05) is 0 Å². The zero-order valence-corrected chi connectivity index (χ0v) is 10.7. The first-order valence-corrected chi connectivity index (χ1v) is 7.24. The van der Waals surface area contributed by atoms with Gasteiger partial charge in [0.05, 0.1) is 0 Å². The van der Waals surface area contributed by atoms with Crippen LogP contribution >= 0.6 is 0 Å². The molecule has 0 heteroatoms. The molecule has 0 amide bonds. The van der Waals surface area contributed by atoms with Crippen molar-refractivity contribution in [3.8, 4) is 0 Å². The van der Waals surface area contributed by atoms with Gasteiger partial charge in [-0.3, -0.25) is 0 Å². The Labute approximate surface area is 95.8 Å². The molecule has 88 valence electrons.